The van der Waals surface area contributed by atoms with Crippen LogP contribution in [0.3, 0.4) is 0 Å². The third kappa shape index (κ3) is 2.85. The van der Waals surface area contributed by atoms with Gasteiger partial charge in [0.25, 0.3) is 11.1 Å². The van der Waals surface area contributed by atoms with Crippen LogP contribution in [0.2, 0.25) is 0 Å². The molecule has 0 spiro atoms. The van der Waals surface area contributed by atoms with Crippen molar-refractivity contribution >= 4 is 29.0 Å². The highest BCUT2D eigenvalue weighted by Gasteiger charge is 2.34. The van der Waals surface area contributed by atoms with Crippen molar-refractivity contribution in [1.29, 1.82) is 5.26 Å². The van der Waals surface area contributed by atoms with Crippen molar-refractivity contribution in [3.63, 3.8) is 0 Å². The van der Waals surface area contributed by atoms with Crippen LogP contribution in [0.1, 0.15) is 24.5 Å². The molecule has 96 valence electrons. The summed E-state index contributed by atoms with van der Waals surface area (Å²) in [5.74, 6) is -0.235. The van der Waals surface area contributed by atoms with Crippen molar-refractivity contribution in [1.82, 2.24) is 4.90 Å². The Morgan fingerprint density at radius 1 is 1.32 bits per heavy atom. The molecule has 2 rings (SSSR count). The van der Waals surface area contributed by atoms with Gasteiger partial charge in [0, 0.05) is 6.54 Å². The predicted molar refractivity (Wildman–Crippen MR) is 74.1 cm³/mol. The molecule has 1 heterocycles. The van der Waals surface area contributed by atoms with Gasteiger partial charge in [0.05, 0.1) is 16.5 Å². The van der Waals surface area contributed by atoms with Gasteiger partial charge in [0.2, 0.25) is 0 Å². The van der Waals surface area contributed by atoms with Crippen LogP contribution in [0.15, 0.2) is 29.2 Å². The number of carbonyl (C=O) groups is 2. The van der Waals surface area contributed by atoms with Crippen LogP contribution < -0.4 is 0 Å². The van der Waals surface area contributed by atoms with Crippen molar-refractivity contribution in [2.24, 2.45) is 0 Å². The molecule has 0 atom stereocenters. The standard InChI is InChI=1S/C14H12N2O2S/c1-2-7-16-13(17)12(19-14(16)18)8-10-3-5-11(9-15)6-4-10/h3-6,8H,2,7H2,1H3/b12-8+. The zero-order chi connectivity index (χ0) is 13.8. The summed E-state index contributed by atoms with van der Waals surface area (Å²) < 4.78 is 0. The lowest BCUT2D eigenvalue weighted by Crippen LogP contribution is -2.28. The second-order valence-corrected chi connectivity index (χ2v) is 5.06. The average molecular weight is 272 g/mol. The molecule has 0 unspecified atom stereocenters. The summed E-state index contributed by atoms with van der Waals surface area (Å²) in [6.07, 6.45) is 2.43. The number of rotatable bonds is 3. The van der Waals surface area contributed by atoms with E-state index in [4.69, 9.17) is 5.26 Å². The fourth-order valence-corrected chi connectivity index (χ4v) is 2.59. The van der Waals surface area contributed by atoms with E-state index < -0.39 is 0 Å². The van der Waals surface area contributed by atoms with E-state index in [-0.39, 0.29) is 11.1 Å². The van der Waals surface area contributed by atoms with Gasteiger partial charge in [-0.3, -0.25) is 14.5 Å². The highest BCUT2D eigenvalue weighted by molar-refractivity contribution is 8.18. The van der Waals surface area contributed by atoms with Gasteiger partial charge in [-0.15, -0.1) is 0 Å². The number of benzene rings is 1. The Morgan fingerprint density at radius 2 is 2.00 bits per heavy atom. The summed E-state index contributed by atoms with van der Waals surface area (Å²) in [6.45, 7) is 2.38. The van der Waals surface area contributed by atoms with Gasteiger partial charge in [-0.05, 0) is 42.0 Å². The lowest BCUT2D eigenvalue weighted by atomic mass is 10.1. The minimum Gasteiger partial charge on any atom is -0.268 e. The molecule has 0 saturated carbocycles. The Morgan fingerprint density at radius 3 is 2.58 bits per heavy atom. The Bertz CT molecular complexity index is 584. The smallest absolute Gasteiger partial charge is 0.268 e. The van der Waals surface area contributed by atoms with Crippen LogP contribution in [-0.4, -0.2) is 22.6 Å². The quantitative estimate of drug-likeness (QED) is 0.793. The van der Waals surface area contributed by atoms with Crippen molar-refractivity contribution < 1.29 is 9.59 Å². The van der Waals surface area contributed by atoms with E-state index in [0.717, 1.165) is 23.7 Å². The predicted octanol–water partition coefficient (Wildman–Crippen LogP) is 3.00. The number of hydrogen-bond acceptors (Lipinski definition) is 4. The van der Waals surface area contributed by atoms with E-state index >= 15 is 0 Å². The van der Waals surface area contributed by atoms with Gasteiger partial charge in [-0.1, -0.05) is 19.1 Å². The second kappa shape index (κ2) is 5.72. The van der Waals surface area contributed by atoms with Gasteiger partial charge >= 0.3 is 0 Å². The lowest BCUT2D eigenvalue weighted by molar-refractivity contribution is -0.122. The minimum atomic E-state index is -0.235. The lowest BCUT2D eigenvalue weighted by Gasteiger charge is -2.09. The molecular weight excluding hydrogens is 260 g/mol. The molecule has 1 aromatic carbocycles. The van der Waals surface area contributed by atoms with Crippen molar-refractivity contribution in [3.05, 3.63) is 40.3 Å². The maximum atomic E-state index is 12.0. The summed E-state index contributed by atoms with van der Waals surface area (Å²) in [4.78, 5) is 25.4. The first-order valence-electron chi connectivity index (χ1n) is 5.91. The number of hydrogen-bond donors (Lipinski definition) is 0. The van der Waals surface area contributed by atoms with Crippen molar-refractivity contribution in [3.8, 4) is 6.07 Å². The van der Waals surface area contributed by atoms with Crippen LogP contribution in [0.4, 0.5) is 4.79 Å². The number of nitrogens with zero attached hydrogens (tertiary/aromatic N) is 2. The first kappa shape index (κ1) is 13.4. The maximum Gasteiger partial charge on any atom is 0.293 e. The molecule has 0 aliphatic carbocycles. The van der Waals surface area contributed by atoms with Crippen LogP contribution in [0.25, 0.3) is 6.08 Å². The fourth-order valence-electron chi connectivity index (χ4n) is 1.72. The molecule has 5 heteroatoms. The number of thioether (sulfide) groups is 1. The Balaban J connectivity index is 2.22. The number of carbonyl (C=O) groups excluding carboxylic acids is 2. The fraction of sp³-hybridized carbons (Fsp3) is 0.214. The molecule has 1 aliphatic rings. The van der Waals surface area contributed by atoms with Crippen molar-refractivity contribution in [2.45, 2.75) is 13.3 Å². The third-order valence-corrected chi connectivity index (χ3v) is 3.57. The Labute approximate surface area is 115 Å². The third-order valence-electron chi connectivity index (χ3n) is 2.66. The summed E-state index contributed by atoms with van der Waals surface area (Å²) in [5.41, 5.74) is 1.37. The first-order chi connectivity index (χ1) is 9.15. The zero-order valence-electron chi connectivity index (χ0n) is 10.4. The molecule has 4 nitrogen and oxygen atoms in total. The van der Waals surface area contributed by atoms with E-state index in [2.05, 4.69) is 0 Å². The Hall–Kier alpha value is -2.06. The molecule has 1 aromatic rings. The van der Waals surface area contributed by atoms with Crippen LogP contribution in [-0.2, 0) is 4.79 Å². The monoisotopic (exact) mass is 272 g/mol. The highest BCUT2D eigenvalue weighted by atomic mass is 32.2. The molecule has 0 radical (unpaired) electrons. The molecule has 1 aliphatic heterocycles. The van der Waals surface area contributed by atoms with Crippen LogP contribution >= 0.6 is 11.8 Å². The maximum absolute atomic E-state index is 12.0. The van der Waals surface area contributed by atoms with Gasteiger partial charge in [-0.25, -0.2) is 0 Å². The van der Waals surface area contributed by atoms with E-state index in [1.54, 1.807) is 30.3 Å². The normalized spacial score (nSPS) is 17.1. The summed E-state index contributed by atoms with van der Waals surface area (Å²) >= 11 is 0.960. The molecule has 0 bridgehead atoms. The Kier molecular flexibility index (Phi) is 4.03. The first-order valence-corrected chi connectivity index (χ1v) is 6.73. The number of amides is 2. The average Bonchev–Trinajstić information content (AvgIpc) is 2.68. The van der Waals surface area contributed by atoms with E-state index in [1.807, 2.05) is 13.0 Å². The van der Waals surface area contributed by atoms with Crippen LogP contribution in [0, 0.1) is 11.3 Å². The zero-order valence-corrected chi connectivity index (χ0v) is 11.2. The van der Waals surface area contributed by atoms with Gasteiger partial charge in [-0.2, -0.15) is 5.26 Å². The van der Waals surface area contributed by atoms with Gasteiger partial charge in [0.15, 0.2) is 0 Å². The van der Waals surface area contributed by atoms with Crippen molar-refractivity contribution in [2.75, 3.05) is 6.54 Å². The number of nitriles is 1. The van der Waals surface area contributed by atoms with Gasteiger partial charge < -0.3 is 0 Å². The summed E-state index contributed by atoms with van der Waals surface area (Å²) in [6, 6.07) is 8.91. The summed E-state index contributed by atoms with van der Waals surface area (Å²) in [5, 5.41) is 8.49. The molecular formula is C14H12N2O2S. The molecule has 0 aromatic heterocycles. The van der Waals surface area contributed by atoms with E-state index in [0.29, 0.717) is 17.0 Å². The SMILES string of the molecule is CCCN1C(=O)S/C(=C/c2ccc(C#N)cc2)C1=O. The van der Waals surface area contributed by atoms with E-state index in [9.17, 15) is 9.59 Å². The minimum absolute atomic E-state index is 0.216. The largest absolute Gasteiger partial charge is 0.293 e. The topological polar surface area (TPSA) is 61.2 Å². The summed E-state index contributed by atoms with van der Waals surface area (Å²) in [7, 11) is 0. The molecule has 1 fully saturated rings. The molecule has 0 N–H and O–H groups in total. The number of imide groups is 1. The van der Waals surface area contributed by atoms with Gasteiger partial charge in [0.1, 0.15) is 0 Å². The molecule has 19 heavy (non-hydrogen) atoms. The highest BCUT2D eigenvalue weighted by Crippen LogP contribution is 2.32. The van der Waals surface area contributed by atoms with Crippen LogP contribution in [0.5, 0.6) is 0 Å². The molecule has 1 saturated heterocycles. The molecule has 2 amide bonds. The van der Waals surface area contributed by atoms with E-state index in [1.165, 1.54) is 4.90 Å². The second-order valence-electron chi connectivity index (χ2n) is 4.07.